The van der Waals surface area contributed by atoms with Crippen molar-refractivity contribution >= 4 is 11.4 Å². The number of nitro groups is 2. The third-order valence-corrected chi connectivity index (χ3v) is 3.68. The summed E-state index contributed by atoms with van der Waals surface area (Å²) in [7, 11) is 0. The zero-order chi connectivity index (χ0) is 18.0. The highest BCUT2D eigenvalue weighted by atomic mass is 16.7. The molecule has 1 heterocycles. The van der Waals surface area contributed by atoms with Crippen LogP contribution in [-0.2, 0) is 18.0 Å². The minimum atomic E-state index is -0.540. The van der Waals surface area contributed by atoms with Gasteiger partial charge in [0.05, 0.1) is 16.5 Å². The van der Waals surface area contributed by atoms with Gasteiger partial charge in [0, 0.05) is 29.3 Å². The highest BCUT2D eigenvalue weighted by molar-refractivity contribution is 5.51. The second kappa shape index (κ2) is 6.73. The van der Waals surface area contributed by atoms with E-state index in [-0.39, 0.29) is 37.1 Å². The Morgan fingerprint density at radius 3 is 2.68 bits per heavy atom. The van der Waals surface area contributed by atoms with E-state index in [1.807, 2.05) is 0 Å². The summed E-state index contributed by atoms with van der Waals surface area (Å²) < 4.78 is 16.1. The fraction of sp³-hybridized carbons (Fsp3) is 0.250. The van der Waals surface area contributed by atoms with Gasteiger partial charge < -0.3 is 14.2 Å². The van der Waals surface area contributed by atoms with Crippen LogP contribution >= 0.6 is 0 Å². The van der Waals surface area contributed by atoms with Gasteiger partial charge in [0.15, 0.2) is 12.5 Å². The molecule has 2 aromatic carbocycles. The van der Waals surface area contributed by atoms with Gasteiger partial charge in [-0.15, -0.1) is 0 Å². The van der Waals surface area contributed by atoms with Gasteiger partial charge in [-0.3, -0.25) is 20.2 Å². The number of fused-ring (bicyclic) bond motifs is 1. The molecule has 0 saturated heterocycles. The summed E-state index contributed by atoms with van der Waals surface area (Å²) >= 11 is 0. The van der Waals surface area contributed by atoms with Crippen LogP contribution in [0.5, 0.6) is 11.5 Å². The maximum atomic E-state index is 11.1. The number of nitrogens with zero attached hydrogens (tertiary/aromatic N) is 2. The van der Waals surface area contributed by atoms with Crippen LogP contribution in [0.25, 0.3) is 0 Å². The monoisotopic (exact) mass is 346 g/mol. The number of ether oxygens (including phenoxy) is 3. The molecule has 9 heteroatoms. The average Bonchev–Trinajstić information content (AvgIpc) is 2.59. The van der Waals surface area contributed by atoms with Gasteiger partial charge in [0.1, 0.15) is 12.4 Å². The van der Waals surface area contributed by atoms with E-state index in [2.05, 4.69) is 0 Å². The minimum Gasteiger partial charge on any atom is -0.482 e. The molecule has 0 atom stereocenters. The molecule has 0 aliphatic carbocycles. The van der Waals surface area contributed by atoms with Crippen molar-refractivity contribution in [3.8, 4) is 11.5 Å². The van der Waals surface area contributed by atoms with E-state index in [9.17, 15) is 20.2 Å². The lowest BCUT2D eigenvalue weighted by atomic mass is 10.1. The largest absolute Gasteiger partial charge is 0.482 e. The first kappa shape index (κ1) is 16.7. The highest BCUT2D eigenvalue weighted by Gasteiger charge is 2.22. The van der Waals surface area contributed by atoms with E-state index < -0.39 is 9.85 Å². The molecule has 0 unspecified atom stereocenters. The predicted octanol–water partition coefficient (Wildman–Crippen LogP) is 3.26. The molecule has 0 bridgehead atoms. The Kier molecular flexibility index (Phi) is 4.48. The van der Waals surface area contributed by atoms with Gasteiger partial charge in [-0.05, 0) is 18.6 Å². The second-order valence-corrected chi connectivity index (χ2v) is 5.48. The summed E-state index contributed by atoms with van der Waals surface area (Å²) in [5.41, 5.74) is 1.48. The number of hydrogen-bond acceptors (Lipinski definition) is 7. The first-order valence-corrected chi connectivity index (χ1v) is 7.34. The third-order valence-electron chi connectivity index (χ3n) is 3.68. The molecule has 0 spiro atoms. The van der Waals surface area contributed by atoms with Crippen LogP contribution in [0.3, 0.4) is 0 Å². The summed E-state index contributed by atoms with van der Waals surface area (Å²) in [5.74, 6) is 0.546. The Balaban J connectivity index is 1.93. The first-order chi connectivity index (χ1) is 12.0. The molecule has 0 saturated carbocycles. The molecule has 0 fully saturated rings. The predicted molar refractivity (Wildman–Crippen MR) is 85.5 cm³/mol. The molecule has 1 aliphatic heterocycles. The van der Waals surface area contributed by atoms with Gasteiger partial charge in [-0.25, -0.2) is 0 Å². The minimum absolute atomic E-state index is 0.0302. The molecular weight excluding hydrogens is 332 g/mol. The van der Waals surface area contributed by atoms with E-state index in [1.54, 1.807) is 19.1 Å². The van der Waals surface area contributed by atoms with Gasteiger partial charge >= 0.3 is 5.69 Å². The number of rotatable bonds is 5. The molecule has 3 rings (SSSR count). The van der Waals surface area contributed by atoms with E-state index in [4.69, 9.17) is 14.2 Å². The molecule has 130 valence electrons. The molecule has 2 aromatic rings. The lowest BCUT2D eigenvalue weighted by molar-refractivity contribution is -0.386. The fourth-order valence-electron chi connectivity index (χ4n) is 2.54. The van der Waals surface area contributed by atoms with Crippen LogP contribution < -0.4 is 9.47 Å². The Morgan fingerprint density at radius 2 is 1.96 bits per heavy atom. The molecule has 1 aliphatic rings. The van der Waals surface area contributed by atoms with Crippen LogP contribution in [0.15, 0.2) is 30.3 Å². The molecule has 0 radical (unpaired) electrons. The van der Waals surface area contributed by atoms with Crippen molar-refractivity contribution < 1.29 is 24.1 Å². The van der Waals surface area contributed by atoms with Crippen LogP contribution in [0.2, 0.25) is 0 Å². The molecule has 9 nitrogen and oxygen atoms in total. The van der Waals surface area contributed by atoms with Crippen molar-refractivity contribution in [3.63, 3.8) is 0 Å². The van der Waals surface area contributed by atoms with E-state index >= 15 is 0 Å². The smallest absolute Gasteiger partial charge is 0.310 e. The standard InChI is InChI=1S/C16H14N2O7/c1-10-2-3-14(18(21)22)15(4-10)24-8-12-6-13(17(19)20)5-11-7-23-9-25-16(11)12/h2-6H,7-9H2,1H3. The van der Waals surface area contributed by atoms with Gasteiger partial charge in [-0.1, -0.05) is 6.07 Å². The molecule has 0 amide bonds. The Hall–Kier alpha value is -3.20. The summed E-state index contributed by atoms with van der Waals surface area (Å²) in [5, 5.41) is 22.2. The van der Waals surface area contributed by atoms with Crippen LogP contribution in [0, 0.1) is 27.2 Å². The lowest BCUT2D eigenvalue weighted by Crippen LogP contribution is -2.14. The summed E-state index contributed by atoms with van der Waals surface area (Å²) in [6, 6.07) is 7.24. The summed E-state index contributed by atoms with van der Waals surface area (Å²) in [6.45, 7) is 1.90. The third kappa shape index (κ3) is 3.50. The van der Waals surface area contributed by atoms with Crippen molar-refractivity contribution in [3.05, 3.63) is 67.3 Å². The second-order valence-electron chi connectivity index (χ2n) is 5.48. The quantitative estimate of drug-likeness (QED) is 0.603. The van der Waals surface area contributed by atoms with E-state index in [0.717, 1.165) is 5.56 Å². The van der Waals surface area contributed by atoms with E-state index in [1.165, 1.54) is 18.2 Å². The Labute approximate surface area is 142 Å². The molecular formula is C16H14N2O7. The van der Waals surface area contributed by atoms with Crippen molar-refractivity contribution in [1.82, 2.24) is 0 Å². The number of nitro benzene ring substituents is 2. The molecule has 0 aromatic heterocycles. The summed E-state index contributed by atoms with van der Waals surface area (Å²) in [4.78, 5) is 21.2. The summed E-state index contributed by atoms with van der Waals surface area (Å²) in [6.07, 6.45) is 0. The van der Waals surface area contributed by atoms with Crippen molar-refractivity contribution in [1.29, 1.82) is 0 Å². The zero-order valence-corrected chi connectivity index (χ0v) is 13.3. The average molecular weight is 346 g/mol. The SMILES string of the molecule is Cc1ccc([N+](=O)[O-])c(OCc2cc([N+](=O)[O-])cc3c2OCOC3)c1. The topological polar surface area (TPSA) is 114 Å². The number of benzene rings is 2. The fourth-order valence-corrected chi connectivity index (χ4v) is 2.54. The van der Waals surface area contributed by atoms with Crippen molar-refractivity contribution in [2.75, 3.05) is 6.79 Å². The Morgan fingerprint density at radius 1 is 1.16 bits per heavy atom. The number of non-ortho nitro benzene ring substituents is 1. The van der Waals surface area contributed by atoms with Crippen LogP contribution in [-0.4, -0.2) is 16.6 Å². The van der Waals surface area contributed by atoms with Crippen LogP contribution in [0.1, 0.15) is 16.7 Å². The number of aryl methyl sites for hydroxylation is 1. The van der Waals surface area contributed by atoms with Crippen molar-refractivity contribution in [2.24, 2.45) is 0 Å². The first-order valence-electron chi connectivity index (χ1n) is 7.34. The molecule has 25 heavy (non-hydrogen) atoms. The van der Waals surface area contributed by atoms with Gasteiger partial charge in [0.25, 0.3) is 5.69 Å². The normalized spacial score (nSPS) is 12.8. The maximum Gasteiger partial charge on any atom is 0.310 e. The Bertz CT molecular complexity index is 851. The van der Waals surface area contributed by atoms with Gasteiger partial charge in [0.2, 0.25) is 0 Å². The molecule has 0 N–H and O–H groups in total. The van der Waals surface area contributed by atoms with Gasteiger partial charge in [-0.2, -0.15) is 0 Å². The van der Waals surface area contributed by atoms with E-state index in [0.29, 0.717) is 16.9 Å². The zero-order valence-electron chi connectivity index (χ0n) is 13.3. The van der Waals surface area contributed by atoms with Crippen molar-refractivity contribution in [2.45, 2.75) is 20.1 Å². The lowest BCUT2D eigenvalue weighted by Gasteiger charge is -2.20. The highest BCUT2D eigenvalue weighted by Crippen LogP contribution is 2.35. The van der Waals surface area contributed by atoms with Crippen LogP contribution in [0.4, 0.5) is 11.4 Å². The maximum absolute atomic E-state index is 11.1. The number of hydrogen-bond donors (Lipinski definition) is 0.